The van der Waals surface area contributed by atoms with Crippen molar-refractivity contribution in [1.29, 1.82) is 0 Å². The molecule has 0 saturated carbocycles. The van der Waals surface area contributed by atoms with Gasteiger partial charge in [-0.25, -0.2) is 0 Å². The molecular formula is C17H14ClN3O2. The number of aromatic nitrogens is 1. The number of rotatable bonds is 3. The molecule has 0 aliphatic carbocycles. The fourth-order valence-electron chi connectivity index (χ4n) is 2.36. The van der Waals surface area contributed by atoms with Crippen LogP contribution in [0.25, 0.3) is 10.9 Å². The molecule has 3 rings (SSSR count). The maximum atomic E-state index is 12.5. The molecule has 3 aromatic rings. The lowest BCUT2D eigenvalue weighted by Crippen LogP contribution is -2.12. The molecule has 0 atom stereocenters. The summed E-state index contributed by atoms with van der Waals surface area (Å²) in [6.45, 7) is 1.43. The van der Waals surface area contributed by atoms with E-state index in [1.807, 2.05) is 6.07 Å². The van der Waals surface area contributed by atoms with E-state index in [0.29, 0.717) is 22.0 Å². The fourth-order valence-corrected chi connectivity index (χ4v) is 2.53. The van der Waals surface area contributed by atoms with E-state index in [9.17, 15) is 9.59 Å². The average molecular weight is 328 g/mol. The quantitative estimate of drug-likeness (QED) is 0.679. The van der Waals surface area contributed by atoms with Gasteiger partial charge < -0.3 is 15.6 Å². The van der Waals surface area contributed by atoms with Crippen LogP contribution >= 0.6 is 11.6 Å². The highest BCUT2D eigenvalue weighted by Gasteiger charge is 2.13. The first-order chi connectivity index (χ1) is 11.0. The average Bonchev–Trinajstić information content (AvgIpc) is 2.89. The van der Waals surface area contributed by atoms with E-state index in [1.54, 1.807) is 42.6 Å². The van der Waals surface area contributed by atoms with Crippen LogP contribution < -0.4 is 10.6 Å². The fraction of sp³-hybridized carbons (Fsp3) is 0.0588. The van der Waals surface area contributed by atoms with Gasteiger partial charge in [-0.1, -0.05) is 17.7 Å². The van der Waals surface area contributed by atoms with Crippen LogP contribution in [0.5, 0.6) is 0 Å². The molecule has 116 valence electrons. The Kier molecular flexibility index (Phi) is 4.04. The molecule has 0 aliphatic heterocycles. The zero-order chi connectivity index (χ0) is 16.4. The molecular weight excluding hydrogens is 314 g/mol. The predicted octanol–water partition coefficient (Wildman–Crippen LogP) is 4.03. The first kappa shape index (κ1) is 15.1. The van der Waals surface area contributed by atoms with Crippen molar-refractivity contribution < 1.29 is 9.59 Å². The maximum Gasteiger partial charge on any atom is 0.257 e. The van der Waals surface area contributed by atoms with Gasteiger partial charge in [-0.2, -0.15) is 0 Å². The second-order valence-electron chi connectivity index (χ2n) is 5.11. The van der Waals surface area contributed by atoms with Crippen molar-refractivity contribution in [2.75, 3.05) is 10.6 Å². The number of hydrogen-bond acceptors (Lipinski definition) is 2. The van der Waals surface area contributed by atoms with Gasteiger partial charge in [0.25, 0.3) is 5.91 Å². The third-order valence-electron chi connectivity index (χ3n) is 3.33. The number of amides is 2. The summed E-state index contributed by atoms with van der Waals surface area (Å²) in [7, 11) is 0. The number of aromatic amines is 1. The van der Waals surface area contributed by atoms with Crippen molar-refractivity contribution in [2.45, 2.75) is 6.92 Å². The third kappa shape index (κ3) is 3.35. The lowest BCUT2D eigenvalue weighted by Gasteiger charge is -2.07. The molecule has 1 heterocycles. The van der Waals surface area contributed by atoms with E-state index in [-0.39, 0.29) is 11.8 Å². The molecule has 2 aromatic carbocycles. The summed E-state index contributed by atoms with van der Waals surface area (Å²) in [6.07, 6.45) is 1.65. The Morgan fingerprint density at radius 2 is 1.78 bits per heavy atom. The molecule has 0 radical (unpaired) electrons. The summed E-state index contributed by atoms with van der Waals surface area (Å²) in [4.78, 5) is 26.6. The van der Waals surface area contributed by atoms with Crippen LogP contribution in [0.4, 0.5) is 11.4 Å². The van der Waals surface area contributed by atoms with E-state index >= 15 is 0 Å². The van der Waals surface area contributed by atoms with Crippen molar-refractivity contribution in [2.24, 2.45) is 0 Å². The highest BCUT2D eigenvalue weighted by atomic mass is 35.5. The SMILES string of the molecule is CC(=O)Nc1cccc(NC(=O)c2c[nH]c3ccc(Cl)cc23)c1. The molecule has 0 fully saturated rings. The number of anilines is 2. The third-order valence-corrected chi connectivity index (χ3v) is 3.56. The molecule has 3 N–H and O–H groups in total. The van der Waals surface area contributed by atoms with Crippen molar-refractivity contribution in [1.82, 2.24) is 4.98 Å². The zero-order valence-corrected chi connectivity index (χ0v) is 13.1. The Morgan fingerprint density at radius 3 is 2.52 bits per heavy atom. The van der Waals surface area contributed by atoms with E-state index in [2.05, 4.69) is 15.6 Å². The molecule has 0 saturated heterocycles. The number of hydrogen-bond donors (Lipinski definition) is 3. The molecule has 0 spiro atoms. The van der Waals surface area contributed by atoms with Crippen molar-refractivity contribution in [3.8, 4) is 0 Å². The Balaban J connectivity index is 1.86. The van der Waals surface area contributed by atoms with Crippen LogP contribution in [0.15, 0.2) is 48.7 Å². The number of fused-ring (bicyclic) bond motifs is 1. The van der Waals surface area contributed by atoms with Crippen molar-refractivity contribution >= 4 is 45.7 Å². The summed E-state index contributed by atoms with van der Waals surface area (Å²) in [5.74, 6) is -0.418. The van der Waals surface area contributed by atoms with E-state index in [0.717, 1.165) is 10.9 Å². The largest absolute Gasteiger partial charge is 0.360 e. The summed E-state index contributed by atoms with van der Waals surface area (Å²) in [6, 6.07) is 12.3. The summed E-state index contributed by atoms with van der Waals surface area (Å²) >= 11 is 6.00. The smallest absolute Gasteiger partial charge is 0.257 e. The second kappa shape index (κ2) is 6.14. The number of benzene rings is 2. The molecule has 5 nitrogen and oxygen atoms in total. The Morgan fingerprint density at radius 1 is 1.04 bits per heavy atom. The Labute approximate surface area is 137 Å². The minimum absolute atomic E-state index is 0.167. The summed E-state index contributed by atoms with van der Waals surface area (Å²) in [5, 5.41) is 6.82. The molecule has 6 heteroatoms. The van der Waals surface area contributed by atoms with E-state index in [1.165, 1.54) is 6.92 Å². The first-order valence-electron chi connectivity index (χ1n) is 6.98. The maximum absolute atomic E-state index is 12.5. The van der Waals surface area contributed by atoms with Gasteiger partial charge >= 0.3 is 0 Å². The monoisotopic (exact) mass is 327 g/mol. The number of carbonyl (C=O) groups excluding carboxylic acids is 2. The summed E-state index contributed by atoms with van der Waals surface area (Å²) in [5.41, 5.74) is 2.56. The molecule has 0 unspecified atom stereocenters. The van der Waals surface area contributed by atoms with Gasteiger partial charge in [-0.15, -0.1) is 0 Å². The minimum atomic E-state index is -0.251. The van der Waals surface area contributed by atoms with E-state index in [4.69, 9.17) is 11.6 Å². The van der Waals surface area contributed by atoms with Crippen LogP contribution in [0.3, 0.4) is 0 Å². The topological polar surface area (TPSA) is 74.0 Å². The number of H-pyrrole nitrogens is 1. The zero-order valence-electron chi connectivity index (χ0n) is 12.3. The molecule has 0 aliphatic rings. The van der Waals surface area contributed by atoms with Crippen LogP contribution in [-0.4, -0.2) is 16.8 Å². The van der Waals surface area contributed by atoms with Crippen LogP contribution in [0.2, 0.25) is 5.02 Å². The summed E-state index contributed by atoms with van der Waals surface area (Å²) < 4.78 is 0. The van der Waals surface area contributed by atoms with Gasteiger partial charge in [-0.05, 0) is 36.4 Å². The van der Waals surface area contributed by atoms with Gasteiger partial charge in [0.05, 0.1) is 5.56 Å². The lowest BCUT2D eigenvalue weighted by molar-refractivity contribution is -0.114. The Bertz CT molecular complexity index is 902. The number of nitrogens with one attached hydrogen (secondary N) is 3. The predicted molar refractivity (Wildman–Crippen MR) is 92.0 cm³/mol. The van der Waals surface area contributed by atoms with Crippen molar-refractivity contribution in [3.05, 3.63) is 59.2 Å². The highest BCUT2D eigenvalue weighted by Crippen LogP contribution is 2.24. The van der Waals surface area contributed by atoms with Gasteiger partial charge in [0.1, 0.15) is 0 Å². The minimum Gasteiger partial charge on any atom is -0.360 e. The Hall–Kier alpha value is -2.79. The van der Waals surface area contributed by atoms with Crippen molar-refractivity contribution in [3.63, 3.8) is 0 Å². The normalized spacial score (nSPS) is 10.5. The molecule has 2 amide bonds. The second-order valence-corrected chi connectivity index (χ2v) is 5.54. The number of halogens is 1. The highest BCUT2D eigenvalue weighted by molar-refractivity contribution is 6.31. The van der Waals surface area contributed by atoms with Gasteiger partial charge in [0.2, 0.25) is 5.91 Å². The van der Waals surface area contributed by atoms with E-state index < -0.39 is 0 Å². The van der Waals surface area contributed by atoms with Gasteiger partial charge in [0.15, 0.2) is 0 Å². The molecule has 0 bridgehead atoms. The number of carbonyl (C=O) groups is 2. The molecule has 23 heavy (non-hydrogen) atoms. The first-order valence-corrected chi connectivity index (χ1v) is 7.36. The standard InChI is InChI=1S/C17H14ClN3O2/c1-10(22)20-12-3-2-4-13(8-12)21-17(23)15-9-19-16-6-5-11(18)7-14(15)16/h2-9,19H,1H3,(H,20,22)(H,21,23). The van der Waals surface area contributed by atoms with Gasteiger partial charge in [0, 0.05) is 40.4 Å². The molecule has 1 aromatic heterocycles. The van der Waals surface area contributed by atoms with Crippen LogP contribution in [-0.2, 0) is 4.79 Å². The van der Waals surface area contributed by atoms with Crippen LogP contribution in [0, 0.1) is 0 Å². The van der Waals surface area contributed by atoms with Gasteiger partial charge in [-0.3, -0.25) is 9.59 Å². The lowest BCUT2D eigenvalue weighted by atomic mass is 10.1. The van der Waals surface area contributed by atoms with Crippen LogP contribution in [0.1, 0.15) is 17.3 Å².